The van der Waals surface area contributed by atoms with Crippen LogP contribution in [0, 0.1) is 6.92 Å². The minimum Gasteiger partial charge on any atom is -0.392 e. The lowest BCUT2D eigenvalue weighted by molar-refractivity contribution is -0.118. The third-order valence-electron chi connectivity index (χ3n) is 3.38. The number of hydrogen-bond donors (Lipinski definition) is 1. The predicted molar refractivity (Wildman–Crippen MR) is 90.6 cm³/mol. The quantitative estimate of drug-likeness (QED) is 0.883. The Hall–Kier alpha value is -2.20. The largest absolute Gasteiger partial charge is 0.392 e. The number of aryl methyl sites for hydroxylation is 1. The van der Waals surface area contributed by atoms with E-state index >= 15 is 0 Å². The van der Waals surface area contributed by atoms with E-state index in [-0.39, 0.29) is 10.9 Å². The average Bonchev–Trinajstić information content (AvgIpc) is 2.47. The molecule has 0 bridgehead atoms. The third-order valence-corrected chi connectivity index (χ3v) is 3.62. The number of nitrogens with two attached hydrogens (primary N) is 1. The summed E-state index contributed by atoms with van der Waals surface area (Å²) in [6.07, 6.45) is 0. The molecule has 1 unspecified atom stereocenters. The summed E-state index contributed by atoms with van der Waals surface area (Å²) < 4.78 is 0. The number of amides is 1. The van der Waals surface area contributed by atoms with Crippen molar-refractivity contribution >= 4 is 28.8 Å². The van der Waals surface area contributed by atoms with Gasteiger partial charge in [-0.2, -0.15) is 0 Å². The van der Waals surface area contributed by atoms with E-state index in [1.165, 1.54) is 0 Å². The fraction of sp³-hybridized carbons (Fsp3) is 0.176. The number of carbonyl (C=O) groups is 1. The first kappa shape index (κ1) is 15.2. The molecule has 0 aliphatic rings. The lowest BCUT2D eigenvalue weighted by Crippen LogP contribution is -2.37. The maximum absolute atomic E-state index is 12.8. The van der Waals surface area contributed by atoms with Gasteiger partial charge in [-0.3, -0.25) is 4.79 Å². The highest BCUT2D eigenvalue weighted by atomic mass is 32.1. The van der Waals surface area contributed by atoms with Crippen LogP contribution in [0.3, 0.4) is 0 Å². The molecule has 0 saturated carbocycles. The molecule has 2 rings (SSSR count). The van der Waals surface area contributed by atoms with E-state index in [4.69, 9.17) is 18.0 Å². The summed E-state index contributed by atoms with van der Waals surface area (Å²) in [5, 5.41) is 0. The maximum atomic E-state index is 12.8. The molecule has 0 heterocycles. The van der Waals surface area contributed by atoms with Crippen molar-refractivity contribution in [3.05, 3.63) is 65.7 Å². The van der Waals surface area contributed by atoms with Crippen LogP contribution in [0.25, 0.3) is 0 Å². The molecule has 0 radical (unpaired) electrons. The lowest BCUT2D eigenvalue weighted by Gasteiger charge is -2.24. The predicted octanol–water partition coefficient (Wildman–Crippen LogP) is 3.03. The SMILES string of the molecule is Cc1cccc(N(C)C(=O)C(C(N)=S)c2ccccc2)c1. The van der Waals surface area contributed by atoms with Crippen LogP contribution in [0.15, 0.2) is 54.6 Å². The van der Waals surface area contributed by atoms with Crippen LogP contribution in [-0.4, -0.2) is 17.9 Å². The van der Waals surface area contributed by atoms with Gasteiger partial charge >= 0.3 is 0 Å². The zero-order chi connectivity index (χ0) is 15.4. The van der Waals surface area contributed by atoms with E-state index < -0.39 is 5.92 Å². The van der Waals surface area contributed by atoms with Crippen molar-refractivity contribution in [3.8, 4) is 0 Å². The molecule has 0 aliphatic carbocycles. The minimum absolute atomic E-state index is 0.126. The standard InChI is InChI=1S/C17H18N2OS/c1-12-7-6-10-14(11-12)19(2)17(20)15(16(18)21)13-8-4-3-5-9-13/h3-11,15H,1-2H3,(H2,18,21). The van der Waals surface area contributed by atoms with Crippen molar-refractivity contribution in [3.63, 3.8) is 0 Å². The van der Waals surface area contributed by atoms with Crippen LogP contribution < -0.4 is 10.6 Å². The van der Waals surface area contributed by atoms with Gasteiger partial charge in [-0.05, 0) is 30.2 Å². The zero-order valence-electron chi connectivity index (χ0n) is 12.1. The number of rotatable bonds is 4. The van der Waals surface area contributed by atoms with Crippen molar-refractivity contribution in [2.75, 3.05) is 11.9 Å². The summed E-state index contributed by atoms with van der Waals surface area (Å²) in [6.45, 7) is 1.99. The Morgan fingerprint density at radius 1 is 1.14 bits per heavy atom. The second-order valence-electron chi connectivity index (χ2n) is 4.98. The van der Waals surface area contributed by atoms with Crippen molar-refractivity contribution in [1.29, 1.82) is 0 Å². The van der Waals surface area contributed by atoms with Crippen molar-refractivity contribution < 1.29 is 4.79 Å². The number of benzene rings is 2. The highest BCUT2D eigenvalue weighted by Gasteiger charge is 2.27. The van der Waals surface area contributed by atoms with E-state index in [0.29, 0.717) is 0 Å². The van der Waals surface area contributed by atoms with E-state index in [9.17, 15) is 4.79 Å². The highest BCUT2D eigenvalue weighted by molar-refractivity contribution is 7.80. The molecule has 2 aromatic carbocycles. The van der Waals surface area contributed by atoms with E-state index in [1.54, 1.807) is 11.9 Å². The van der Waals surface area contributed by atoms with Crippen LogP contribution in [0.5, 0.6) is 0 Å². The van der Waals surface area contributed by atoms with Gasteiger partial charge in [0.25, 0.3) is 0 Å². The van der Waals surface area contributed by atoms with Gasteiger partial charge < -0.3 is 10.6 Å². The van der Waals surface area contributed by atoms with Crippen molar-refractivity contribution in [2.45, 2.75) is 12.8 Å². The molecule has 21 heavy (non-hydrogen) atoms. The molecule has 4 heteroatoms. The normalized spacial score (nSPS) is 11.7. The lowest BCUT2D eigenvalue weighted by atomic mass is 9.97. The average molecular weight is 298 g/mol. The van der Waals surface area contributed by atoms with Crippen LogP contribution in [0.1, 0.15) is 17.0 Å². The second-order valence-corrected chi connectivity index (χ2v) is 5.45. The van der Waals surface area contributed by atoms with E-state index in [1.807, 2.05) is 61.5 Å². The van der Waals surface area contributed by atoms with Gasteiger partial charge in [-0.15, -0.1) is 0 Å². The highest BCUT2D eigenvalue weighted by Crippen LogP contribution is 2.23. The molecule has 2 aromatic rings. The number of carbonyl (C=O) groups excluding carboxylic acids is 1. The van der Waals surface area contributed by atoms with Crippen molar-refractivity contribution in [2.24, 2.45) is 5.73 Å². The molecule has 2 N–H and O–H groups in total. The Morgan fingerprint density at radius 3 is 2.38 bits per heavy atom. The number of nitrogens with zero attached hydrogens (tertiary/aromatic N) is 1. The van der Waals surface area contributed by atoms with Crippen LogP contribution >= 0.6 is 12.2 Å². The summed E-state index contributed by atoms with van der Waals surface area (Å²) in [6, 6.07) is 17.1. The van der Waals surface area contributed by atoms with Gasteiger partial charge in [-0.25, -0.2) is 0 Å². The first-order chi connectivity index (χ1) is 10.0. The van der Waals surface area contributed by atoms with Crippen LogP contribution in [0.2, 0.25) is 0 Å². The molecule has 3 nitrogen and oxygen atoms in total. The molecule has 0 aliphatic heterocycles. The monoisotopic (exact) mass is 298 g/mol. The molecular weight excluding hydrogens is 280 g/mol. The summed E-state index contributed by atoms with van der Waals surface area (Å²) in [4.78, 5) is 14.5. The maximum Gasteiger partial charge on any atom is 0.241 e. The Balaban J connectivity index is 2.33. The Bertz CT molecular complexity index is 655. The molecule has 1 atom stereocenters. The summed E-state index contributed by atoms with van der Waals surface area (Å²) in [5.74, 6) is -0.731. The molecule has 0 saturated heterocycles. The van der Waals surface area contributed by atoms with E-state index in [0.717, 1.165) is 16.8 Å². The molecule has 0 fully saturated rings. The van der Waals surface area contributed by atoms with E-state index in [2.05, 4.69) is 0 Å². The summed E-state index contributed by atoms with van der Waals surface area (Å²) >= 11 is 5.10. The smallest absolute Gasteiger partial charge is 0.241 e. The Morgan fingerprint density at radius 2 is 1.81 bits per heavy atom. The number of hydrogen-bond acceptors (Lipinski definition) is 2. The second kappa shape index (κ2) is 6.50. The van der Waals surface area contributed by atoms with Gasteiger partial charge in [0, 0.05) is 12.7 Å². The zero-order valence-corrected chi connectivity index (χ0v) is 12.9. The summed E-state index contributed by atoms with van der Waals surface area (Å²) in [7, 11) is 1.74. The molecule has 0 spiro atoms. The molecule has 1 amide bonds. The minimum atomic E-state index is -0.605. The third kappa shape index (κ3) is 3.47. The number of likely N-dealkylation sites (N-methyl/N-ethyl adjacent to an activating group) is 1. The Kier molecular flexibility index (Phi) is 4.70. The first-order valence-corrected chi connectivity index (χ1v) is 7.10. The van der Waals surface area contributed by atoms with Gasteiger partial charge in [0.05, 0.1) is 4.99 Å². The topological polar surface area (TPSA) is 46.3 Å². The first-order valence-electron chi connectivity index (χ1n) is 6.69. The fourth-order valence-electron chi connectivity index (χ4n) is 2.23. The molecule has 108 valence electrons. The number of anilines is 1. The van der Waals surface area contributed by atoms with Gasteiger partial charge in [0.1, 0.15) is 5.92 Å². The fourth-order valence-corrected chi connectivity index (χ4v) is 2.47. The number of thiocarbonyl (C=S) groups is 1. The Labute approximate surface area is 130 Å². The van der Waals surface area contributed by atoms with Gasteiger partial charge in [-0.1, -0.05) is 54.7 Å². The van der Waals surface area contributed by atoms with Gasteiger partial charge in [0.2, 0.25) is 5.91 Å². The van der Waals surface area contributed by atoms with Crippen molar-refractivity contribution in [1.82, 2.24) is 0 Å². The van der Waals surface area contributed by atoms with Crippen LogP contribution in [-0.2, 0) is 4.79 Å². The molecule has 0 aromatic heterocycles. The van der Waals surface area contributed by atoms with Gasteiger partial charge in [0.15, 0.2) is 0 Å². The summed E-state index contributed by atoms with van der Waals surface area (Å²) in [5.41, 5.74) is 8.54. The molecular formula is C17H18N2OS. The van der Waals surface area contributed by atoms with Crippen LogP contribution in [0.4, 0.5) is 5.69 Å².